The molecule has 0 saturated carbocycles. The van der Waals surface area contributed by atoms with Gasteiger partial charge in [-0.25, -0.2) is 17.8 Å². The Morgan fingerprint density at radius 3 is 2.52 bits per heavy atom. The number of anilines is 1. The minimum absolute atomic E-state index is 0.144. The molecule has 1 aromatic heterocycles. The van der Waals surface area contributed by atoms with Crippen LogP contribution in [0.4, 0.5) is 9.52 Å². The van der Waals surface area contributed by atoms with E-state index in [0.717, 1.165) is 16.0 Å². The molecule has 2 heterocycles. The number of hydrogen-bond acceptors (Lipinski definition) is 5. The average Bonchev–Trinajstić information content (AvgIpc) is 3.26. The van der Waals surface area contributed by atoms with Gasteiger partial charge in [0.2, 0.25) is 15.9 Å². The van der Waals surface area contributed by atoms with Crippen LogP contribution < -0.4 is 5.32 Å². The Hall–Kier alpha value is -2.88. The SMILES string of the molecule is O=C(Nc1ncc(Cc2ccc(F)cc2)s1)C1CCN(S(=O)(=O)C=Cc2ccccc2)CC1. The van der Waals surface area contributed by atoms with Crippen molar-refractivity contribution in [2.24, 2.45) is 5.92 Å². The van der Waals surface area contributed by atoms with Gasteiger partial charge in [0, 0.05) is 41.9 Å². The van der Waals surface area contributed by atoms with Gasteiger partial charge in [0.05, 0.1) is 0 Å². The molecule has 0 aliphatic carbocycles. The number of halogens is 1. The predicted octanol–water partition coefficient (Wildman–Crippen LogP) is 4.52. The monoisotopic (exact) mass is 485 g/mol. The van der Waals surface area contributed by atoms with Gasteiger partial charge in [-0.3, -0.25) is 4.79 Å². The average molecular weight is 486 g/mol. The molecule has 33 heavy (non-hydrogen) atoms. The molecule has 9 heteroatoms. The maximum Gasteiger partial charge on any atom is 0.236 e. The van der Waals surface area contributed by atoms with Gasteiger partial charge >= 0.3 is 0 Å². The second-order valence-electron chi connectivity index (χ2n) is 7.86. The highest BCUT2D eigenvalue weighted by Gasteiger charge is 2.30. The van der Waals surface area contributed by atoms with Gasteiger partial charge in [-0.1, -0.05) is 42.5 Å². The fraction of sp³-hybridized carbons (Fsp3) is 0.250. The summed E-state index contributed by atoms with van der Waals surface area (Å²) in [5.41, 5.74) is 1.78. The van der Waals surface area contributed by atoms with E-state index in [4.69, 9.17) is 0 Å². The molecule has 1 amide bonds. The molecule has 0 unspecified atom stereocenters. The number of nitrogens with one attached hydrogen (secondary N) is 1. The minimum Gasteiger partial charge on any atom is -0.302 e. The maximum atomic E-state index is 13.1. The zero-order valence-electron chi connectivity index (χ0n) is 17.9. The van der Waals surface area contributed by atoms with Crippen LogP contribution in [0.25, 0.3) is 6.08 Å². The van der Waals surface area contributed by atoms with Crippen molar-refractivity contribution in [2.75, 3.05) is 18.4 Å². The highest BCUT2D eigenvalue weighted by atomic mass is 32.2. The Bertz CT molecular complexity index is 1220. The molecule has 172 valence electrons. The third-order valence-electron chi connectivity index (χ3n) is 5.49. The number of hydrogen-bond donors (Lipinski definition) is 1. The van der Waals surface area contributed by atoms with Crippen molar-refractivity contribution in [1.82, 2.24) is 9.29 Å². The van der Waals surface area contributed by atoms with Crippen LogP contribution in [-0.2, 0) is 21.2 Å². The Morgan fingerprint density at radius 2 is 1.82 bits per heavy atom. The fourth-order valence-electron chi connectivity index (χ4n) is 3.65. The van der Waals surface area contributed by atoms with E-state index in [-0.39, 0.29) is 17.6 Å². The number of carbonyl (C=O) groups is 1. The summed E-state index contributed by atoms with van der Waals surface area (Å²) in [6.45, 7) is 0.598. The lowest BCUT2D eigenvalue weighted by molar-refractivity contribution is -0.120. The molecule has 6 nitrogen and oxygen atoms in total. The Kier molecular flexibility index (Phi) is 7.32. The summed E-state index contributed by atoms with van der Waals surface area (Å²) in [7, 11) is -3.53. The second kappa shape index (κ2) is 10.4. The van der Waals surface area contributed by atoms with Crippen molar-refractivity contribution in [3.8, 4) is 0 Å². The van der Waals surface area contributed by atoms with Gasteiger partial charge in [-0.05, 0) is 42.2 Å². The number of aromatic nitrogens is 1. The molecule has 2 aromatic carbocycles. The Morgan fingerprint density at radius 1 is 1.12 bits per heavy atom. The predicted molar refractivity (Wildman–Crippen MR) is 129 cm³/mol. The van der Waals surface area contributed by atoms with E-state index in [1.165, 1.54) is 33.2 Å². The summed E-state index contributed by atoms with van der Waals surface area (Å²) < 4.78 is 39.7. The highest BCUT2D eigenvalue weighted by molar-refractivity contribution is 7.92. The van der Waals surface area contributed by atoms with Crippen LogP contribution in [0.2, 0.25) is 0 Å². The lowest BCUT2D eigenvalue weighted by Crippen LogP contribution is -2.40. The molecule has 1 saturated heterocycles. The van der Waals surface area contributed by atoms with E-state index in [9.17, 15) is 17.6 Å². The van der Waals surface area contributed by atoms with Gasteiger partial charge in [-0.15, -0.1) is 11.3 Å². The molecule has 1 aliphatic rings. The smallest absolute Gasteiger partial charge is 0.236 e. The molecule has 0 spiro atoms. The number of rotatable bonds is 7. The Balaban J connectivity index is 1.28. The summed E-state index contributed by atoms with van der Waals surface area (Å²) in [4.78, 5) is 17.9. The van der Waals surface area contributed by atoms with Crippen LogP contribution in [0.15, 0.2) is 66.2 Å². The van der Waals surface area contributed by atoms with E-state index in [1.54, 1.807) is 24.4 Å². The highest BCUT2D eigenvalue weighted by Crippen LogP contribution is 2.25. The van der Waals surface area contributed by atoms with Gasteiger partial charge in [0.15, 0.2) is 5.13 Å². The first-order chi connectivity index (χ1) is 15.9. The molecule has 0 radical (unpaired) electrons. The molecular formula is C24H24FN3O3S2. The van der Waals surface area contributed by atoms with Crippen molar-refractivity contribution < 1.29 is 17.6 Å². The molecule has 0 bridgehead atoms. The van der Waals surface area contributed by atoms with Crippen LogP contribution in [0, 0.1) is 11.7 Å². The Labute approximate surface area is 196 Å². The summed E-state index contributed by atoms with van der Waals surface area (Å²) >= 11 is 1.38. The topological polar surface area (TPSA) is 79.4 Å². The van der Waals surface area contributed by atoms with Gasteiger partial charge in [-0.2, -0.15) is 4.31 Å². The van der Waals surface area contributed by atoms with Crippen molar-refractivity contribution in [2.45, 2.75) is 19.3 Å². The molecule has 4 rings (SSSR count). The van der Waals surface area contributed by atoms with Gasteiger partial charge in [0.25, 0.3) is 0 Å². The van der Waals surface area contributed by atoms with Crippen LogP contribution in [0.5, 0.6) is 0 Å². The minimum atomic E-state index is -3.53. The number of benzene rings is 2. The van der Waals surface area contributed by atoms with Crippen molar-refractivity contribution in [3.05, 3.63) is 88.0 Å². The lowest BCUT2D eigenvalue weighted by atomic mass is 9.97. The first-order valence-electron chi connectivity index (χ1n) is 10.6. The number of thiazole rings is 1. The van der Waals surface area contributed by atoms with E-state index in [2.05, 4.69) is 10.3 Å². The van der Waals surface area contributed by atoms with E-state index < -0.39 is 10.0 Å². The summed E-state index contributed by atoms with van der Waals surface area (Å²) in [6, 6.07) is 15.5. The van der Waals surface area contributed by atoms with E-state index >= 15 is 0 Å². The summed E-state index contributed by atoms with van der Waals surface area (Å²) in [5.74, 6) is -0.685. The van der Waals surface area contributed by atoms with E-state index in [1.807, 2.05) is 30.3 Å². The molecule has 0 atom stereocenters. The zero-order chi connectivity index (χ0) is 23.3. The van der Waals surface area contributed by atoms with Crippen molar-refractivity contribution in [3.63, 3.8) is 0 Å². The summed E-state index contributed by atoms with van der Waals surface area (Å²) in [6.07, 6.45) is 4.81. The zero-order valence-corrected chi connectivity index (χ0v) is 19.5. The van der Waals surface area contributed by atoms with Crippen molar-refractivity contribution in [1.29, 1.82) is 0 Å². The van der Waals surface area contributed by atoms with Crippen molar-refractivity contribution >= 4 is 38.5 Å². The number of sulfonamides is 1. The number of amides is 1. The second-order valence-corrected chi connectivity index (χ2v) is 10.8. The maximum absolute atomic E-state index is 13.1. The van der Waals surface area contributed by atoms with Gasteiger partial charge in [0.1, 0.15) is 5.82 Å². The molecular weight excluding hydrogens is 461 g/mol. The standard InChI is InChI=1S/C24H24FN3O3S2/c25-21-8-6-19(7-9-21)16-22-17-26-24(32-22)27-23(29)20-10-13-28(14-11-20)33(30,31)15-12-18-4-2-1-3-5-18/h1-9,12,15,17,20H,10-11,13-14,16H2,(H,26,27,29). The molecule has 1 aliphatic heterocycles. The van der Waals surface area contributed by atoms with E-state index in [0.29, 0.717) is 37.5 Å². The molecule has 1 fully saturated rings. The number of piperidine rings is 1. The fourth-order valence-corrected chi connectivity index (χ4v) is 5.72. The lowest BCUT2D eigenvalue weighted by Gasteiger charge is -2.29. The first kappa shape index (κ1) is 23.3. The molecule has 3 aromatic rings. The number of carbonyl (C=O) groups excluding carboxylic acids is 1. The quantitative estimate of drug-likeness (QED) is 0.534. The van der Waals surface area contributed by atoms with Crippen LogP contribution in [0.1, 0.15) is 28.8 Å². The van der Waals surface area contributed by atoms with Gasteiger partial charge < -0.3 is 5.32 Å². The van der Waals surface area contributed by atoms with Crippen LogP contribution in [-0.4, -0.2) is 36.7 Å². The van der Waals surface area contributed by atoms with Crippen LogP contribution >= 0.6 is 11.3 Å². The normalized spacial score (nSPS) is 15.7. The largest absolute Gasteiger partial charge is 0.302 e. The third-order valence-corrected chi connectivity index (χ3v) is 7.97. The first-order valence-corrected chi connectivity index (χ1v) is 12.9. The number of nitrogens with zero attached hydrogens (tertiary/aromatic N) is 2. The summed E-state index contributed by atoms with van der Waals surface area (Å²) in [5, 5.41) is 4.59. The molecule has 1 N–H and O–H groups in total. The van der Waals surface area contributed by atoms with Crippen LogP contribution in [0.3, 0.4) is 0 Å². The third kappa shape index (κ3) is 6.34.